The maximum Gasteiger partial charge on any atom is 0.132 e. The Bertz CT molecular complexity index is 3730. The molecule has 298 valence electrons. The van der Waals surface area contributed by atoms with Gasteiger partial charge in [0.2, 0.25) is 0 Å². The standard InChI is InChI=1S/C32H19NO.C28H17NO/c1-2-10-21-19-30-26(17-20(21)9-1)32(25-14-6-8-16-29(25)34-30)24-13-5-4-12-23(24)31-27(32)18-22-11-3-7-15-28(22)33-31;1-6-14-24-18(9-1)17-23-27(29-24)19-10-2-3-11-20(19)28(23)21-12-4-7-15-25(21)30-26-16-8-5-13-22(26)28/h1-19H;1-17H. The molecule has 0 radical (unpaired) electrons. The molecule has 4 aliphatic rings. The maximum absolute atomic E-state index is 6.57. The zero-order valence-electron chi connectivity index (χ0n) is 34.5. The molecule has 1 unspecified atom stereocenters. The van der Waals surface area contributed by atoms with Crippen molar-refractivity contribution in [2.75, 3.05) is 0 Å². The third-order valence-corrected chi connectivity index (χ3v) is 14.0. The molecule has 2 aliphatic carbocycles. The van der Waals surface area contributed by atoms with Crippen LogP contribution in [0.15, 0.2) is 218 Å². The Kier molecular flexibility index (Phi) is 7.21. The molecule has 2 spiro atoms. The summed E-state index contributed by atoms with van der Waals surface area (Å²) in [6, 6.07) is 77.2. The van der Waals surface area contributed by atoms with Crippen LogP contribution >= 0.6 is 0 Å². The van der Waals surface area contributed by atoms with Gasteiger partial charge in [0.25, 0.3) is 0 Å². The molecule has 64 heavy (non-hydrogen) atoms. The van der Waals surface area contributed by atoms with E-state index in [1.54, 1.807) is 0 Å². The fourth-order valence-electron chi connectivity index (χ4n) is 11.4. The van der Waals surface area contributed by atoms with E-state index in [1.165, 1.54) is 66.4 Å². The van der Waals surface area contributed by atoms with Crippen molar-refractivity contribution in [3.63, 3.8) is 0 Å². The molecule has 4 heteroatoms. The van der Waals surface area contributed by atoms with Crippen molar-refractivity contribution in [2.24, 2.45) is 0 Å². The molecule has 2 aliphatic heterocycles. The molecule has 1 atom stereocenters. The van der Waals surface area contributed by atoms with E-state index in [4.69, 9.17) is 19.4 Å². The van der Waals surface area contributed by atoms with Crippen LogP contribution in [0.1, 0.15) is 44.5 Å². The number of fused-ring (bicyclic) bond motifs is 21. The van der Waals surface area contributed by atoms with Crippen molar-refractivity contribution in [1.29, 1.82) is 0 Å². The van der Waals surface area contributed by atoms with Crippen molar-refractivity contribution in [2.45, 2.75) is 10.8 Å². The second-order valence-electron chi connectivity index (χ2n) is 17.1. The molecule has 0 saturated heterocycles. The molecule has 0 saturated carbocycles. The van der Waals surface area contributed by atoms with E-state index in [0.717, 1.165) is 56.2 Å². The highest BCUT2D eigenvalue weighted by Crippen LogP contribution is 2.64. The summed E-state index contributed by atoms with van der Waals surface area (Å²) in [6.45, 7) is 0. The normalized spacial score (nSPS) is 15.9. The highest BCUT2D eigenvalue weighted by Gasteiger charge is 2.53. The van der Waals surface area contributed by atoms with E-state index in [-0.39, 0.29) is 0 Å². The predicted molar refractivity (Wildman–Crippen MR) is 256 cm³/mol. The number of aromatic nitrogens is 2. The van der Waals surface area contributed by atoms with Crippen molar-refractivity contribution in [3.8, 4) is 45.5 Å². The first-order chi connectivity index (χ1) is 31.7. The number of benzene rings is 9. The summed E-state index contributed by atoms with van der Waals surface area (Å²) in [5, 5.41) is 4.70. The summed E-state index contributed by atoms with van der Waals surface area (Å²) in [5.74, 6) is 3.63. The minimum absolute atomic E-state index is 0.436. The van der Waals surface area contributed by atoms with Crippen LogP contribution in [0, 0.1) is 0 Å². The van der Waals surface area contributed by atoms with Crippen molar-refractivity contribution >= 4 is 32.6 Å². The van der Waals surface area contributed by atoms with Gasteiger partial charge >= 0.3 is 0 Å². The zero-order valence-corrected chi connectivity index (χ0v) is 34.5. The Morgan fingerprint density at radius 1 is 0.266 bits per heavy atom. The van der Waals surface area contributed by atoms with Crippen LogP contribution < -0.4 is 9.47 Å². The maximum atomic E-state index is 6.57. The molecule has 0 fully saturated rings. The summed E-state index contributed by atoms with van der Waals surface area (Å²) in [7, 11) is 0. The Labute approximate surface area is 369 Å². The summed E-state index contributed by atoms with van der Waals surface area (Å²) in [4.78, 5) is 10.4. The molecule has 9 aromatic carbocycles. The Balaban J connectivity index is 0.000000125. The number of hydrogen-bond donors (Lipinski definition) is 0. The molecule has 11 aromatic rings. The summed E-state index contributed by atoms with van der Waals surface area (Å²) in [6.07, 6.45) is 0. The van der Waals surface area contributed by atoms with Crippen molar-refractivity contribution in [3.05, 3.63) is 263 Å². The van der Waals surface area contributed by atoms with Crippen LogP contribution in [0.5, 0.6) is 23.0 Å². The van der Waals surface area contributed by atoms with Gasteiger partial charge in [-0.2, -0.15) is 0 Å². The molecule has 0 bridgehead atoms. The second kappa shape index (κ2) is 13.1. The van der Waals surface area contributed by atoms with Gasteiger partial charge in [0.05, 0.1) is 33.3 Å². The fourth-order valence-corrected chi connectivity index (χ4v) is 11.4. The summed E-state index contributed by atoms with van der Waals surface area (Å²) < 4.78 is 12.9. The first-order valence-corrected chi connectivity index (χ1v) is 21.9. The highest BCUT2D eigenvalue weighted by atomic mass is 16.5. The average molecular weight is 817 g/mol. The monoisotopic (exact) mass is 816 g/mol. The van der Waals surface area contributed by atoms with Gasteiger partial charge in [0.1, 0.15) is 23.0 Å². The molecule has 0 N–H and O–H groups in total. The fraction of sp³-hybridized carbons (Fsp3) is 0.0333. The summed E-state index contributed by atoms with van der Waals surface area (Å²) >= 11 is 0. The predicted octanol–water partition coefficient (Wildman–Crippen LogP) is 14.6. The summed E-state index contributed by atoms with van der Waals surface area (Å²) in [5.41, 5.74) is 15.3. The van der Waals surface area contributed by atoms with E-state index in [0.29, 0.717) is 0 Å². The molecule has 2 aromatic heterocycles. The van der Waals surface area contributed by atoms with Gasteiger partial charge in [-0.15, -0.1) is 0 Å². The molecule has 4 heterocycles. The van der Waals surface area contributed by atoms with Crippen molar-refractivity contribution in [1.82, 2.24) is 9.97 Å². The Hall–Kier alpha value is -8.34. The van der Waals surface area contributed by atoms with Gasteiger partial charge in [-0.05, 0) is 87.6 Å². The number of rotatable bonds is 0. The van der Waals surface area contributed by atoms with Gasteiger partial charge < -0.3 is 9.47 Å². The van der Waals surface area contributed by atoms with Crippen LogP contribution in [0.25, 0.3) is 55.1 Å². The van der Waals surface area contributed by atoms with E-state index >= 15 is 0 Å². The zero-order chi connectivity index (χ0) is 42.0. The van der Waals surface area contributed by atoms with E-state index in [9.17, 15) is 0 Å². The Morgan fingerprint density at radius 3 is 1.11 bits per heavy atom. The van der Waals surface area contributed by atoms with Crippen LogP contribution in [-0.4, -0.2) is 9.97 Å². The quantitative estimate of drug-likeness (QED) is 0.153. The first kappa shape index (κ1) is 35.3. The van der Waals surface area contributed by atoms with Gasteiger partial charge in [0.15, 0.2) is 0 Å². The molecular weight excluding hydrogens is 781 g/mol. The van der Waals surface area contributed by atoms with E-state index in [1.807, 2.05) is 12.1 Å². The number of nitrogens with zero attached hydrogens (tertiary/aromatic N) is 2. The van der Waals surface area contributed by atoms with Gasteiger partial charge in [-0.1, -0.05) is 164 Å². The SMILES string of the molecule is c1ccc2c(c1)Oc1cc3ccccc3cc1C21c2ccccc2-c2nc3ccccc3cc21.c1ccc2c(c1)Oc1ccccc1C21c2ccccc2-c2nc3ccccc3cc21. The van der Waals surface area contributed by atoms with Gasteiger partial charge in [-0.3, -0.25) is 0 Å². The van der Waals surface area contributed by atoms with Gasteiger partial charge in [-0.25, -0.2) is 9.97 Å². The van der Waals surface area contributed by atoms with Crippen LogP contribution in [0.2, 0.25) is 0 Å². The number of ether oxygens (including phenoxy) is 2. The smallest absolute Gasteiger partial charge is 0.132 e. The third-order valence-electron chi connectivity index (χ3n) is 14.0. The van der Waals surface area contributed by atoms with Crippen LogP contribution in [0.4, 0.5) is 0 Å². The van der Waals surface area contributed by atoms with E-state index in [2.05, 4.69) is 206 Å². The minimum Gasteiger partial charge on any atom is -0.457 e. The third kappa shape index (κ3) is 4.61. The van der Waals surface area contributed by atoms with Crippen LogP contribution in [-0.2, 0) is 10.8 Å². The van der Waals surface area contributed by atoms with Crippen molar-refractivity contribution < 1.29 is 9.47 Å². The Morgan fingerprint density at radius 2 is 0.609 bits per heavy atom. The molecule has 15 rings (SSSR count). The van der Waals surface area contributed by atoms with E-state index < -0.39 is 10.8 Å². The average Bonchev–Trinajstić information content (AvgIpc) is 3.79. The largest absolute Gasteiger partial charge is 0.457 e. The molecule has 0 amide bonds. The topological polar surface area (TPSA) is 44.2 Å². The molecule has 4 nitrogen and oxygen atoms in total. The number of para-hydroxylation sites is 5. The lowest BCUT2D eigenvalue weighted by Crippen LogP contribution is -2.32. The lowest BCUT2D eigenvalue weighted by molar-refractivity contribution is 0.436. The lowest BCUT2D eigenvalue weighted by Gasteiger charge is -2.39. The number of hydrogen-bond acceptors (Lipinski definition) is 4. The number of pyridine rings is 2. The second-order valence-corrected chi connectivity index (χ2v) is 17.1. The lowest BCUT2D eigenvalue weighted by atomic mass is 9.66. The van der Waals surface area contributed by atoms with Crippen LogP contribution in [0.3, 0.4) is 0 Å². The first-order valence-electron chi connectivity index (χ1n) is 21.9. The highest BCUT2D eigenvalue weighted by molar-refractivity contribution is 5.96. The van der Waals surface area contributed by atoms with Gasteiger partial charge in [0, 0.05) is 44.2 Å². The molecular formula is C60H36N2O2. The minimum atomic E-state index is -0.489.